The third-order valence-electron chi connectivity index (χ3n) is 13.6. The summed E-state index contributed by atoms with van der Waals surface area (Å²) in [5.41, 5.74) is -3.52. The van der Waals surface area contributed by atoms with Crippen LogP contribution in [0.4, 0.5) is 0 Å². The maximum atomic E-state index is 15.5. The molecule has 2 saturated carbocycles. The number of hydrogen-bond donors (Lipinski definition) is 3. The highest BCUT2D eigenvalue weighted by molar-refractivity contribution is 5.96. The van der Waals surface area contributed by atoms with Crippen molar-refractivity contribution >= 4 is 35.6 Å². The van der Waals surface area contributed by atoms with Crippen LogP contribution in [0.5, 0.6) is 0 Å². The van der Waals surface area contributed by atoms with Crippen molar-refractivity contribution in [1.29, 1.82) is 0 Å². The van der Waals surface area contributed by atoms with Gasteiger partial charge in [-0.25, -0.2) is 4.79 Å². The first-order chi connectivity index (χ1) is 29.3. The van der Waals surface area contributed by atoms with Crippen LogP contribution in [-0.2, 0) is 42.9 Å². The zero-order valence-corrected chi connectivity index (χ0v) is 35.7. The topological polar surface area (TPSA) is 201 Å². The number of hydrogen-bond acceptors (Lipinski definition) is 13. The molecule has 3 aromatic rings. The summed E-state index contributed by atoms with van der Waals surface area (Å²) in [6, 6.07) is 24.5. The molecule has 328 valence electrons. The van der Waals surface area contributed by atoms with Crippen LogP contribution in [0.25, 0.3) is 0 Å². The lowest BCUT2D eigenvalue weighted by molar-refractivity contribution is -0.337. The highest BCUT2D eigenvalue weighted by atomic mass is 16.6. The number of ether oxygens (including phenoxy) is 5. The maximum Gasteiger partial charge on any atom is 0.338 e. The van der Waals surface area contributed by atoms with E-state index in [1.165, 1.54) is 26.0 Å². The molecule has 1 heterocycles. The van der Waals surface area contributed by atoms with Crippen molar-refractivity contribution in [3.8, 4) is 0 Å². The molecular weight excluding hydrogens is 799 g/mol. The van der Waals surface area contributed by atoms with Gasteiger partial charge in [-0.3, -0.25) is 24.0 Å². The first-order valence-electron chi connectivity index (χ1n) is 20.8. The number of carbonyl (C=O) groups excluding carboxylic acids is 6. The summed E-state index contributed by atoms with van der Waals surface area (Å²) in [4.78, 5) is 83.9. The fraction of sp³-hybridized carbons (Fsp3) is 0.458. The van der Waals surface area contributed by atoms with Crippen molar-refractivity contribution in [2.24, 2.45) is 28.6 Å². The second-order valence-electron chi connectivity index (χ2n) is 17.7. The molecule has 1 aliphatic heterocycles. The molecule has 1 amide bonds. The van der Waals surface area contributed by atoms with Gasteiger partial charge in [-0.2, -0.15) is 0 Å². The summed E-state index contributed by atoms with van der Waals surface area (Å²) in [7, 11) is 0. The van der Waals surface area contributed by atoms with Crippen molar-refractivity contribution in [2.45, 2.75) is 103 Å². The molecule has 3 aromatic carbocycles. The SMILES string of the molecule is CC(=O)O[C@H]1C(=O)[C@@]2(C)C(C(OC(=O)c3ccccc3)C3[C@@H](O)[C@H](OC(=O)[C@H](C)[C@@H](NC(=O)c4ccccc4)c4ccccc4)C(C)=C1C3(C)C)[C@]1(OC(C)=O)CO[C@@H]1C[C@@H]2O. The smallest absolute Gasteiger partial charge is 0.338 e. The lowest BCUT2D eigenvalue weighted by Crippen LogP contribution is -2.80. The number of amides is 1. The number of rotatable bonds is 10. The number of aliphatic hydroxyl groups excluding tert-OH is 2. The fourth-order valence-electron chi connectivity index (χ4n) is 10.6. The van der Waals surface area contributed by atoms with Gasteiger partial charge < -0.3 is 39.2 Å². The Morgan fingerprint density at radius 3 is 1.94 bits per heavy atom. The minimum Gasteiger partial charge on any atom is -0.458 e. The van der Waals surface area contributed by atoms with E-state index in [0.717, 1.165) is 6.92 Å². The number of esters is 4. The van der Waals surface area contributed by atoms with Crippen molar-refractivity contribution in [1.82, 2.24) is 5.32 Å². The van der Waals surface area contributed by atoms with E-state index in [-0.39, 0.29) is 29.7 Å². The number of aliphatic hydroxyl groups is 2. The molecule has 3 aliphatic carbocycles. The Morgan fingerprint density at radius 2 is 1.39 bits per heavy atom. The second kappa shape index (κ2) is 16.9. The molecule has 4 aliphatic rings. The lowest BCUT2D eigenvalue weighted by atomic mass is 9.45. The Balaban J connectivity index is 1.39. The minimum absolute atomic E-state index is 0.135. The molecular formula is C48H53NO13. The van der Waals surface area contributed by atoms with Crippen molar-refractivity contribution in [3.63, 3.8) is 0 Å². The molecule has 3 unspecified atom stereocenters. The second-order valence-corrected chi connectivity index (χ2v) is 17.7. The summed E-state index contributed by atoms with van der Waals surface area (Å²) in [5.74, 6) is -8.19. The molecule has 0 spiro atoms. The molecule has 62 heavy (non-hydrogen) atoms. The predicted octanol–water partition coefficient (Wildman–Crippen LogP) is 4.87. The van der Waals surface area contributed by atoms with Crippen LogP contribution in [0.1, 0.15) is 87.2 Å². The number of carbonyl (C=O) groups is 6. The van der Waals surface area contributed by atoms with Gasteiger partial charge in [0.05, 0.1) is 41.6 Å². The number of fused-ring (bicyclic) bond motifs is 5. The van der Waals surface area contributed by atoms with E-state index >= 15 is 4.79 Å². The summed E-state index contributed by atoms with van der Waals surface area (Å²) < 4.78 is 30.7. The average molecular weight is 852 g/mol. The lowest BCUT2D eigenvalue weighted by Gasteiger charge is -2.66. The highest BCUT2D eigenvalue weighted by Crippen LogP contribution is 2.63. The summed E-state index contributed by atoms with van der Waals surface area (Å²) in [5, 5.41) is 27.9. The molecule has 14 heteroatoms. The zero-order valence-electron chi connectivity index (χ0n) is 35.7. The Bertz CT molecular complexity index is 2260. The van der Waals surface area contributed by atoms with E-state index in [4.69, 9.17) is 23.7 Å². The number of benzene rings is 3. The number of ketones is 1. The molecule has 12 atom stereocenters. The van der Waals surface area contributed by atoms with Gasteiger partial charge in [0.25, 0.3) is 5.91 Å². The van der Waals surface area contributed by atoms with Crippen molar-refractivity contribution in [3.05, 3.63) is 119 Å². The summed E-state index contributed by atoms with van der Waals surface area (Å²) >= 11 is 0. The van der Waals surface area contributed by atoms with Gasteiger partial charge in [0.15, 0.2) is 17.5 Å². The van der Waals surface area contributed by atoms with E-state index in [0.29, 0.717) is 11.1 Å². The van der Waals surface area contributed by atoms with Gasteiger partial charge in [0.1, 0.15) is 24.4 Å². The van der Waals surface area contributed by atoms with Crippen molar-refractivity contribution in [2.75, 3.05) is 6.61 Å². The van der Waals surface area contributed by atoms with Crippen LogP contribution in [0.2, 0.25) is 0 Å². The molecule has 7 rings (SSSR count). The predicted molar refractivity (Wildman–Crippen MR) is 221 cm³/mol. The van der Waals surface area contributed by atoms with Gasteiger partial charge in [-0.1, -0.05) is 80.6 Å². The Hall–Kier alpha value is -5.70. The third-order valence-corrected chi connectivity index (χ3v) is 13.6. The van der Waals surface area contributed by atoms with Crippen LogP contribution in [-0.4, -0.2) is 94.6 Å². The van der Waals surface area contributed by atoms with E-state index in [9.17, 15) is 34.2 Å². The van der Waals surface area contributed by atoms with Crippen LogP contribution >= 0.6 is 0 Å². The average Bonchev–Trinajstić information content (AvgIpc) is 3.23. The zero-order chi connectivity index (χ0) is 44.9. The summed E-state index contributed by atoms with van der Waals surface area (Å²) in [6.45, 7) is 10.1. The van der Waals surface area contributed by atoms with Crippen LogP contribution < -0.4 is 5.32 Å². The standard InChI is InChI=1S/C48H53NO13/c1-25-34-40(59-27(3)50)42(54)47(7)32(52)23-33-48(24-58-33,62-28(4)51)41(47)39(61-45(57)31-21-15-10-16-22-31)35(46(34,5)6)37(53)38(25)60-44(56)26(2)36(29-17-11-8-12-18-29)49-43(55)30-19-13-9-14-20-30/h8-22,26,32-33,35-41,52-53H,23-24H2,1-7H3,(H,49,55)/t26-,32+,33-,35?,36-,37-,38-,39?,40-,41?,47-,48+/m1/s1. The van der Waals surface area contributed by atoms with E-state index in [1.54, 1.807) is 107 Å². The van der Waals surface area contributed by atoms with Crippen molar-refractivity contribution < 1.29 is 62.7 Å². The van der Waals surface area contributed by atoms with Crippen LogP contribution in [0, 0.1) is 28.6 Å². The molecule has 14 nitrogen and oxygen atoms in total. The van der Waals surface area contributed by atoms with Gasteiger partial charge in [-0.15, -0.1) is 0 Å². The normalized spacial score (nSPS) is 31.9. The maximum absolute atomic E-state index is 15.5. The van der Waals surface area contributed by atoms with E-state index < -0.39 is 112 Å². The van der Waals surface area contributed by atoms with Gasteiger partial charge in [0.2, 0.25) is 0 Å². The first-order valence-corrected chi connectivity index (χ1v) is 20.8. The Kier molecular flexibility index (Phi) is 12.1. The number of Topliss-reactive ketones (excluding diaryl/α,β-unsaturated/α-hetero) is 1. The molecule has 0 radical (unpaired) electrons. The number of nitrogens with one attached hydrogen (secondary N) is 1. The van der Waals surface area contributed by atoms with Crippen LogP contribution in [0.3, 0.4) is 0 Å². The molecule has 1 saturated heterocycles. The molecule has 3 fully saturated rings. The largest absolute Gasteiger partial charge is 0.458 e. The fourth-order valence-corrected chi connectivity index (χ4v) is 10.6. The van der Waals surface area contributed by atoms with Gasteiger partial charge >= 0.3 is 23.9 Å². The Labute approximate surface area is 359 Å². The van der Waals surface area contributed by atoms with E-state index in [2.05, 4.69) is 5.32 Å². The van der Waals surface area contributed by atoms with Crippen LogP contribution in [0.15, 0.2) is 102 Å². The van der Waals surface area contributed by atoms with Gasteiger partial charge in [-0.05, 0) is 67.2 Å². The summed E-state index contributed by atoms with van der Waals surface area (Å²) in [6.07, 6.45) is -9.06. The van der Waals surface area contributed by atoms with Gasteiger partial charge in [0, 0.05) is 31.7 Å². The van der Waals surface area contributed by atoms with E-state index in [1.807, 2.05) is 0 Å². The first kappa shape index (κ1) is 44.4. The minimum atomic E-state index is -1.95. The molecule has 2 bridgehead atoms. The Morgan fingerprint density at radius 1 is 0.806 bits per heavy atom. The third kappa shape index (κ3) is 7.51. The monoisotopic (exact) mass is 851 g/mol. The quantitative estimate of drug-likeness (QED) is 0.142. The molecule has 0 aromatic heterocycles. The molecule has 3 N–H and O–H groups in total. The highest BCUT2D eigenvalue weighted by Gasteiger charge is 2.76.